The molecule has 28 heavy (non-hydrogen) atoms. The number of thioether (sulfide) groups is 1. The van der Waals surface area contributed by atoms with Gasteiger partial charge >= 0.3 is 5.97 Å². The minimum atomic E-state index is -0.347. The molecule has 0 saturated carbocycles. The molecule has 0 fully saturated rings. The van der Waals surface area contributed by atoms with Crippen LogP contribution in [0, 0.1) is 20.8 Å². The Hall–Kier alpha value is -2.12. The van der Waals surface area contributed by atoms with Gasteiger partial charge in [0.1, 0.15) is 4.83 Å². The lowest BCUT2D eigenvalue weighted by atomic mass is 10.1. The van der Waals surface area contributed by atoms with Crippen LogP contribution in [0.2, 0.25) is 0 Å². The first-order valence-electron chi connectivity index (χ1n) is 9.19. The normalized spacial score (nSPS) is 11.2. The Morgan fingerprint density at radius 3 is 2.64 bits per heavy atom. The van der Waals surface area contributed by atoms with E-state index in [0.717, 1.165) is 40.0 Å². The Balaban J connectivity index is 2.26. The zero-order valence-electron chi connectivity index (χ0n) is 16.8. The average Bonchev–Trinajstić information content (AvgIpc) is 2.98. The second-order valence-electron chi connectivity index (χ2n) is 6.75. The summed E-state index contributed by atoms with van der Waals surface area (Å²) >= 11 is 2.80. The third-order valence-corrected chi connectivity index (χ3v) is 6.96. The van der Waals surface area contributed by atoms with Crippen LogP contribution in [0.15, 0.2) is 28.2 Å². The van der Waals surface area contributed by atoms with Crippen LogP contribution in [0.3, 0.4) is 0 Å². The van der Waals surface area contributed by atoms with Crippen molar-refractivity contribution in [2.24, 2.45) is 0 Å². The highest BCUT2D eigenvalue weighted by Crippen LogP contribution is 2.31. The van der Waals surface area contributed by atoms with Gasteiger partial charge in [0.2, 0.25) is 0 Å². The van der Waals surface area contributed by atoms with E-state index in [1.165, 1.54) is 23.7 Å². The molecule has 0 saturated heterocycles. The fourth-order valence-electron chi connectivity index (χ4n) is 3.05. The van der Waals surface area contributed by atoms with Crippen molar-refractivity contribution in [2.75, 3.05) is 12.9 Å². The molecule has 0 aliphatic carbocycles. The van der Waals surface area contributed by atoms with Crippen LogP contribution in [0.1, 0.15) is 34.9 Å². The zero-order chi connectivity index (χ0) is 20.4. The lowest BCUT2D eigenvalue weighted by Crippen LogP contribution is -2.22. The maximum atomic E-state index is 13.5. The number of benzene rings is 1. The van der Waals surface area contributed by atoms with Gasteiger partial charge in [-0.3, -0.25) is 14.2 Å². The summed E-state index contributed by atoms with van der Waals surface area (Å²) in [5.74, 6) is -0.245. The summed E-state index contributed by atoms with van der Waals surface area (Å²) in [7, 11) is 1.36. The highest BCUT2D eigenvalue weighted by atomic mass is 32.2. The van der Waals surface area contributed by atoms with Gasteiger partial charge in [0.15, 0.2) is 5.16 Å². The van der Waals surface area contributed by atoms with E-state index in [1.54, 1.807) is 15.9 Å². The van der Waals surface area contributed by atoms with Crippen molar-refractivity contribution in [3.8, 4) is 5.69 Å². The van der Waals surface area contributed by atoms with Gasteiger partial charge in [-0.25, -0.2) is 4.98 Å². The molecule has 0 N–H and O–H groups in total. The molecule has 3 aromatic rings. The van der Waals surface area contributed by atoms with Gasteiger partial charge in [-0.1, -0.05) is 31.2 Å². The standard InChI is InChI=1S/C21H24N2O3S2/c1-6-7-16-14(4)18-19(28-16)22-21(27-11-17(24)26-5)23(20(18)25)15-9-8-12(2)13(3)10-15/h8-10H,6-7,11H2,1-5H3. The van der Waals surface area contributed by atoms with E-state index in [-0.39, 0.29) is 17.3 Å². The fraction of sp³-hybridized carbons (Fsp3) is 0.381. The lowest BCUT2D eigenvalue weighted by Gasteiger charge is -2.13. The molecule has 5 nitrogen and oxygen atoms in total. The third kappa shape index (κ3) is 3.86. The van der Waals surface area contributed by atoms with Crippen LogP contribution >= 0.6 is 23.1 Å². The van der Waals surface area contributed by atoms with E-state index < -0.39 is 0 Å². The van der Waals surface area contributed by atoms with Crippen molar-refractivity contribution in [1.82, 2.24) is 9.55 Å². The predicted molar refractivity (Wildman–Crippen MR) is 116 cm³/mol. The first-order chi connectivity index (χ1) is 13.4. The first kappa shape index (κ1) is 20.6. The van der Waals surface area contributed by atoms with Crippen molar-refractivity contribution in [1.29, 1.82) is 0 Å². The number of aryl methyl sites for hydroxylation is 4. The van der Waals surface area contributed by atoms with Crippen molar-refractivity contribution >= 4 is 39.3 Å². The average molecular weight is 417 g/mol. The molecule has 1 aromatic carbocycles. The largest absolute Gasteiger partial charge is 0.468 e. The molecule has 0 radical (unpaired) electrons. The van der Waals surface area contributed by atoms with E-state index >= 15 is 0 Å². The van der Waals surface area contributed by atoms with Gasteiger partial charge in [0.25, 0.3) is 5.56 Å². The summed E-state index contributed by atoms with van der Waals surface area (Å²) in [6.07, 6.45) is 1.95. The summed E-state index contributed by atoms with van der Waals surface area (Å²) < 4.78 is 6.38. The number of esters is 1. The number of carbonyl (C=O) groups excluding carboxylic acids is 1. The first-order valence-corrected chi connectivity index (χ1v) is 11.0. The molecule has 0 aliphatic rings. The fourth-order valence-corrected chi connectivity index (χ4v) is 5.21. The molecule has 0 unspecified atom stereocenters. The van der Waals surface area contributed by atoms with Gasteiger partial charge in [0, 0.05) is 4.88 Å². The van der Waals surface area contributed by atoms with E-state index in [1.807, 2.05) is 39.0 Å². The summed E-state index contributed by atoms with van der Waals surface area (Å²) in [6, 6.07) is 5.91. The molecule has 148 valence electrons. The number of carbonyl (C=O) groups is 1. The number of ether oxygens (including phenoxy) is 1. The smallest absolute Gasteiger partial charge is 0.316 e. The van der Waals surface area contributed by atoms with Crippen LogP contribution in [-0.2, 0) is 16.0 Å². The number of fused-ring (bicyclic) bond motifs is 1. The molecule has 0 spiro atoms. The molecule has 0 amide bonds. The monoisotopic (exact) mass is 416 g/mol. The number of rotatable bonds is 6. The Kier molecular flexibility index (Phi) is 6.25. The minimum absolute atomic E-state index is 0.0864. The maximum Gasteiger partial charge on any atom is 0.316 e. The van der Waals surface area contributed by atoms with Crippen LogP contribution in [0.5, 0.6) is 0 Å². The van der Waals surface area contributed by atoms with Gasteiger partial charge in [-0.15, -0.1) is 11.3 Å². The van der Waals surface area contributed by atoms with E-state index in [0.29, 0.717) is 10.5 Å². The molecular weight excluding hydrogens is 392 g/mol. The second-order valence-corrected chi connectivity index (χ2v) is 8.77. The number of thiophene rings is 1. The Morgan fingerprint density at radius 2 is 2.00 bits per heavy atom. The zero-order valence-corrected chi connectivity index (χ0v) is 18.4. The quantitative estimate of drug-likeness (QED) is 0.334. The Labute approximate surface area is 172 Å². The number of hydrogen-bond acceptors (Lipinski definition) is 6. The van der Waals surface area contributed by atoms with Crippen LogP contribution in [-0.4, -0.2) is 28.4 Å². The third-order valence-electron chi connectivity index (χ3n) is 4.80. The summed E-state index contributed by atoms with van der Waals surface area (Å²) in [4.78, 5) is 31.9. The predicted octanol–water partition coefficient (Wildman–Crippen LogP) is 4.59. The molecule has 0 bridgehead atoms. The molecule has 2 heterocycles. The Morgan fingerprint density at radius 1 is 1.25 bits per heavy atom. The summed E-state index contributed by atoms with van der Waals surface area (Å²) in [5, 5.41) is 1.18. The lowest BCUT2D eigenvalue weighted by molar-refractivity contribution is -0.137. The molecule has 7 heteroatoms. The van der Waals surface area contributed by atoms with Crippen molar-refractivity contribution in [3.63, 3.8) is 0 Å². The molecule has 0 aliphatic heterocycles. The van der Waals surface area contributed by atoms with E-state index in [4.69, 9.17) is 9.72 Å². The summed E-state index contributed by atoms with van der Waals surface area (Å²) in [5.41, 5.74) is 3.95. The highest BCUT2D eigenvalue weighted by Gasteiger charge is 2.20. The second kappa shape index (κ2) is 8.49. The van der Waals surface area contributed by atoms with Gasteiger partial charge in [0.05, 0.1) is 23.9 Å². The minimum Gasteiger partial charge on any atom is -0.468 e. The highest BCUT2D eigenvalue weighted by molar-refractivity contribution is 7.99. The van der Waals surface area contributed by atoms with Crippen LogP contribution < -0.4 is 5.56 Å². The SMILES string of the molecule is CCCc1sc2nc(SCC(=O)OC)n(-c3ccc(C)c(C)c3)c(=O)c2c1C. The van der Waals surface area contributed by atoms with Crippen molar-refractivity contribution < 1.29 is 9.53 Å². The molecule has 3 rings (SSSR count). The summed E-state index contributed by atoms with van der Waals surface area (Å²) in [6.45, 7) is 8.18. The van der Waals surface area contributed by atoms with Crippen LogP contribution in [0.4, 0.5) is 0 Å². The maximum absolute atomic E-state index is 13.5. The van der Waals surface area contributed by atoms with Gasteiger partial charge < -0.3 is 4.74 Å². The van der Waals surface area contributed by atoms with Crippen LogP contribution in [0.25, 0.3) is 15.9 Å². The number of aromatic nitrogens is 2. The van der Waals surface area contributed by atoms with E-state index in [2.05, 4.69) is 6.92 Å². The number of hydrogen-bond donors (Lipinski definition) is 0. The molecule has 2 aromatic heterocycles. The Bertz CT molecular complexity index is 1100. The van der Waals surface area contributed by atoms with Crippen molar-refractivity contribution in [2.45, 2.75) is 45.7 Å². The van der Waals surface area contributed by atoms with Crippen molar-refractivity contribution in [3.05, 3.63) is 50.1 Å². The molecule has 0 atom stereocenters. The number of methoxy groups -OCH3 is 1. The molecular formula is C21H24N2O3S2. The number of nitrogens with zero attached hydrogens (tertiary/aromatic N) is 2. The topological polar surface area (TPSA) is 61.2 Å². The van der Waals surface area contributed by atoms with E-state index in [9.17, 15) is 9.59 Å². The van der Waals surface area contributed by atoms with Gasteiger partial charge in [-0.05, 0) is 56.0 Å². The van der Waals surface area contributed by atoms with Gasteiger partial charge in [-0.2, -0.15) is 0 Å².